The summed E-state index contributed by atoms with van der Waals surface area (Å²) in [5, 5.41) is 20.7. The lowest BCUT2D eigenvalue weighted by Crippen LogP contribution is -2.51. The Morgan fingerprint density at radius 3 is 2.37 bits per heavy atom. The average Bonchev–Trinajstić information content (AvgIpc) is 3.27. The number of carbonyl (C=O) groups excluding carboxylic acids is 1. The highest BCUT2D eigenvalue weighted by Gasteiger charge is 2.59. The Labute approximate surface area is 259 Å². The number of hydrogen-bond donors (Lipinski definition) is 3. The first-order chi connectivity index (χ1) is 20.3. The van der Waals surface area contributed by atoms with Crippen molar-refractivity contribution in [3.8, 4) is 0 Å². The van der Waals surface area contributed by atoms with Crippen molar-refractivity contribution in [3.63, 3.8) is 0 Å². The quantitative estimate of drug-likeness (QED) is 0.156. The van der Waals surface area contributed by atoms with Crippen molar-refractivity contribution < 1.29 is 29.3 Å². The molecule has 0 aromatic rings. The highest BCUT2D eigenvalue weighted by atomic mass is 16.5. The normalized spacial score (nSPS) is 34.2. The Kier molecular flexibility index (Phi) is 11.4. The van der Waals surface area contributed by atoms with Crippen LogP contribution in [0.15, 0.2) is 11.6 Å². The monoisotopic (exact) mass is 602 g/mol. The summed E-state index contributed by atoms with van der Waals surface area (Å²) in [7, 11) is 0. The molecule has 8 nitrogen and oxygen atoms in total. The first-order valence-corrected chi connectivity index (χ1v) is 17.1. The van der Waals surface area contributed by atoms with Crippen LogP contribution in [0, 0.1) is 46.3 Å². The number of nitrogens with zero attached hydrogens (tertiary/aromatic N) is 1. The van der Waals surface area contributed by atoms with E-state index in [-0.39, 0.29) is 18.1 Å². The predicted octanol–water partition coefficient (Wildman–Crippen LogP) is 6.00. The molecule has 0 aromatic heterocycles. The lowest BCUT2D eigenvalue weighted by Gasteiger charge is -2.58. The van der Waals surface area contributed by atoms with Crippen LogP contribution in [0.5, 0.6) is 0 Å². The summed E-state index contributed by atoms with van der Waals surface area (Å²) < 4.78 is 6.21. The smallest absolute Gasteiger partial charge is 0.317 e. The van der Waals surface area contributed by atoms with Crippen LogP contribution in [0.3, 0.4) is 0 Å². The minimum atomic E-state index is -1.16. The summed E-state index contributed by atoms with van der Waals surface area (Å²) in [6.07, 6.45) is 16.8. The fourth-order valence-corrected chi connectivity index (χ4v) is 10.0. The van der Waals surface area contributed by atoms with Crippen LogP contribution in [-0.4, -0.2) is 71.8 Å². The number of amides is 1. The van der Waals surface area contributed by atoms with Gasteiger partial charge < -0.3 is 20.3 Å². The lowest BCUT2D eigenvalue weighted by molar-refractivity contribution is -0.142. The molecule has 3 N–H and O–H groups in total. The van der Waals surface area contributed by atoms with Crippen LogP contribution in [0.25, 0.3) is 0 Å². The van der Waals surface area contributed by atoms with Crippen molar-refractivity contribution in [1.82, 2.24) is 10.2 Å². The molecule has 1 amide bonds. The molecule has 0 spiro atoms. The van der Waals surface area contributed by atoms with Crippen LogP contribution < -0.4 is 5.32 Å². The second kappa shape index (κ2) is 14.4. The van der Waals surface area contributed by atoms with Crippen LogP contribution >= 0.6 is 0 Å². The SMILES string of the molecule is CC(C)CCC[C@@H](C)[C@H]1CCC2C3CC=C4C[C@@H](OCCNC(=O)CN(CC(=O)O)CC(=O)O)CC[C@]4(C)C3CC[C@@]21C. The minimum absolute atomic E-state index is 0.153. The second-order valence-corrected chi connectivity index (χ2v) is 15.3. The molecule has 0 radical (unpaired) electrons. The molecule has 8 atom stereocenters. The molecule has 4 aliphatic rings. The van der Waals surface area contributed by atoms with E-state index in [0.717, 1.165) is 59.7 Å². The fraction of sp³-hybridized carbons (Fsp3) is 0.857. The van der Waals surface area contributed by atoms with Gasteiger partial charge in [-0.3, -0.25) is 19.3 Å². The van der Waals surface area contributed by atoms with Crippen molar-refractivity contribution in [3.05, 3.63) is 11.6 Å². The summed E-state index contributed by atoms with van der Waals surface area (Å²) in [4.78, 5) is 35.3. The maximum absolute atomic E-state index is 12.3. The zero-order valence-corrected chi connectivity index (χ0v) is 27.4. The van der Waals surface area contributed by atoms with E-state index in [1.807, 2.05) is 0 Å². The van der Waals surface area contributed by atoms with Gasteiger partial charge >= 0.3 is 11.9 Å². The molecular weight excluding hydrogens is 544 g/mol. The molecule has 3 fully saturated rings. The van der Waals surface area contributed by atoms with E-state index in [1.165, 1.54) is 51.4 Å². The van der Waals surface area contributed by atoms with Crippen LogP contribution in [0.1, 0.15) is 105 Å². The summed E-state index contributed by atoms with van der Waals surface area (Å²) in [5.41, 5.74) is 2.37. The number of rotatable bonds is 15. The first kappa shape index (κ1) is 34.0. The summed E-state index contributed by atoms with van der Waals surface area (Å²) >= 11 is 0. The topological polar surface area (TPSA) is 116 Å². The van der Waals surface area contributed by atoms with Crippen LogP contribution in [0.4, 0.5) is 0 Å². The number of aliphatic carboxylic acids is 2. The van der Waals surface area contributed by atoms with Gasteiger partial charge in [0.1, 0.15) is 0 Å². The number of carboxylic acid groups (broad SMARTS) is 2. The van der Waals surface area contributed by atoms with E-state index in [0.29, 0.717) is 18.6 Å². The van der Waals surface area contributed by atoms with E-state index in [1.54, 1.807) is 5.57 Å². The maximum atomic E-state index is 12.3. The van der Waals surface area contributed by atoms with Gasteiger partial charge in [-0.1, -0.05) is 65.5 Å². The van der Waals surface area contributed by atoms with Gasteiger partial charge in [0.15, 0.2) is 0 Å². The summed E-state index contributed by atoms with van der Waals surface area (Å²) in [5.74, 6) is 2.25. The Hall–Kier alpha value is -1.93. The molecule has 4 aliphatic carbocycles. The Bertz CT molecular complexity index is 1010. The van der Waals surface area contributed by atoms with Gasteiger partial charge in [-0.2, -0.15) is 0 Å². The Morgan fingerprint density at radius 2 is 1.70 bits per heavy atom. The van der Waals surface area contributed by atoms with Crippen molar-refractivity contribution in [2.45, 2.75) is 111 Å². The number of hydrogen-bond acceptors (Lipinski definition) is 5. The van der Waals surface area contributed by atoms with Gasteiger partial charge in [0.25, 0.3) is 0 Å². The van der Waals surface area contributed by atoms with E-state index >= 15 is 0 Å². The van der Waals surface area contributed by atoms with Gasteiger partial charge in [0.05, 0.1) is 32.3 Å². The van der Waals surface area contributed by atoms with Gasteiger partial charge in [-0.25, -0.2) is 0 Å². The molecule has 43 heavy (non-hydrogen) atoms. The van der Waals surface area contributed by atoms with Gasteiger partial charge in [0, 0.05) is 6.54 Å². The third-order valence-corrected chi connectivity index (χ3v) is 12.1. The first-order valence-electron chi connectivity index (χ1n) is 17.1. The second-order valence-electron chi connectivity index (χ2n) is 15.3. The Morgan fingerprint density at radius 1 is 0.977 bits per heavy atom. The summed E-state index contributed by atoms with van der Waals surface area (Å²) in [6, 6.07) is 0. The number of nitrogens with one attached hydrogen (secondary N) is 1. The number of carboxylic acids is 2. The molecule has 3 saturated carbocycles. The molecule has 0 aromatic carbocycles. The molecular formula is C35H58N2O6. The van der Waals surface area contributed by atoms with Crippen LogP contribution in [0.2, 0.25) is 0 Å². The Balaban J connectivity index is 1.26. The van der Waals surface area contributed by atoms with Gasteiger partial charge in [0.2, 0.25) is 5.91 Å². The lowest BCUT2D eigenvalue weighted by atomic mass is 9.47. The highest BCUT2D eigenvalue weighted by Crippen LogP contribution is 2.67. The number of carbonyl (C=O) groups is 3. The zero-order chi connectivity index (χ0) is 31.4. The van der Waals surface area contributed by atoms with Crippen molar-refractivity contribution in [2.24, 2.45) is 46.3 Å². The van der Waals surface area contributed by atoms with Gasteiger partial charge in [-0.15, -0.1) is 0 Å². The van der Waals surface area contributed by atoms with E-state index < -0.39 is 30.9 Å². The number of ether oxygens (including phenoxy) is 1. The molecule has 0 bridgehead atoms. The van der Waals surface area contributed by atoms with Crippen LogP contribution in [-0.2, 0) is 19.1 Å². The average molecular weight is 603 g/mol. The summed E-state index contributed by atoms with van der Waals surface area (Å²) in [6.45, 7) is 11.9. The van der Waals surface area contributed by atoms with Crippen molar-refractivity contribution in [1.29, 1.82) is 0 Å². The third kappa shape index (κ3) is 8.02. The fourth-order valence-electron chi connectivity index (χ4n) is 10.0. The maximum Gasteiger partial charge on any atom is 0.317 e. The number of allylic oxidation sites excluding steroid dienone is 1. The van der Waals surface area contributed by atoms with E-state index in [9.17, 15) is 14.4 Å². The third-order valence-electron chi connectivity index (χ3n) is 12.1. The van der Waals surface area contributed by atoms with Gasteiger partial charge in [-0.05, 0) is 97.7 Å². The molecule has 3 unspecified atom stereocenters. The standard InChI is InChI=1S/C35H58N2O6/c1-23(2)7-6-8-24(3)28-11-12-29-27-10-9-25-19-26(13-15-34(25,4)30(27)14-16-35(28,29)5)43-18-17-36-31(38)20-37(21-32(39)40)22-33(41)42/h9,23-24,26-30H,6-8,10-22H2,1-5H3,(H,36,38)(H,39,40)(H,41,42)/t24-,26+,27?,28-,29?,30?,34+,35-/m1/s1. The predicted molar refractivity (Wildman–Crippen MR) is 168 cm³/mol. The largest absolute Gasteiger partial charge is 0.480 e. The van der Waals surface area contributed by atoms with Crippen molar-refractivity contribution in [2.75, 3.05) is 32.8 Å². The molecule has 244 valence electrons. The van der Waals surface area contributed by atoms with Crippen molar-refractivity contribution >= 4 is 17.8 Å². The van der Waals surface area contributed by atoms with E-state index in [2.05, 4.69) is 46.0 Å². The zero-order valence-electron chi connectivity index (χ0n) is 27.4. The molecule has 4 rings (SSSR count). The molecule has 0 heterocycles. The minimum Gasteiger partial charge on any atom is -0.480 e. The van der Waals surface area contributed by atoms with E-state index in [4.69, 9.17) is 14.9 Å². The molecule has 0 aliphatic heterocycles. The number of fused-ring (bicyclic) bond motifs is 5. The highest BCUT2D eigenvalue weighted by molar-refractivity contribution is 5.80. The molecule has 0 saturated heterocycles. The molecule has 8 heteroatoms.